The van der Waals surface area contributed by atoms with Gasteiger partial charge in [0.05, 0.1) is 10.6 Å². The first-order valence-electron chi connectivity index (χ1n) is 8.35. The summed E-state index contributed by atoms with van der Waals surface area (Å²) < 4.78 is 0. The van der Waals surface area contributed by atoms with Gasteiger partial charge in [-0.1, -0.05) is 55.8 Å². The molecule has 0 aliphatic rings. The van der Waals surface area contributed by atoms with E-state index >= 15 is 0 Å². The summed E-state index contributed by atoms with van der Waals surface area (Å²) in [6.45, 7) is 3.81. The molecule has 3 rings (SSSR count). The largest absolute Gasteiger partial charge is 0.324 e. The molecule has 1 unspecified atom stereocenters. The molecule has 1 N–H and O–H groups in total. The summed E-state index contributed by atoms with van der Waals surface area (Å²) in [5, 5.41) is 24.5. The third-order valence-corrected chi connectivity index (χ3v) is 4.28. The molecule has 3 aromatic rings. The van der Waals surface area contributed by atoms with E-state index in [1.54, 1.807) is 18.2 Å². The molecule has 0 bridgehead atoms. The van der Waals surface area contributed by atoms with Crippen molar-refractivity contribution < 1.29 is 4.79 Å². The first-order chi connectivity index (χ1) is 13.0. The first kappa shape index (κ1) is 18.5. The highest BCUT2D eigenvalue weighted by Gasteiger charge is 2.27. The zero-order valence-electron chi connectivity index (χ0n) is 14.8. The molecule has 1 atom stereocenters. The number of hydrogen-bond donors (Lipinski definition) is 1. The molecule has 136 valence electrons. The summed E-state index contributed by atoms with van der Waals surface area (Å²) in [6, 6.07) is 15.5. The van der Waals surface area contributed by atoms with Gasteiger partial charge in [-0.3, -0.25) is 4.79 Å². The lowest BCUT2D eigenvalue weighted by molar-refractivity contribution is -0.121. The highest BCUT2D eigenvalue weighted by atomic mass is 35.5. The molecule has 8 heteroatoms. The molecule has 0 aliphatic heterocycles. The van der Waals surface area contributed by atoms with Gasteiger partial charge in [0, 0.05) is 11.3 Å². The Labute approximate surface area is 161 Å². The van der Waals surface area contributed by atoms with Crippen LogP contribution in [0.1, 0.15) is 25.5 Å². The van der Waals surface area contributed by atoms with Crippen LogP contribution in [0, 0.1) is 17.2 Å². The van der Waals surface area contributed by atoms with E-state index in [1.165, 1.54) is 4.80 Å². The first-order valence-corrected chi connectivity index (χ1v) is 8.73. The van der Waals surface area contributed by atoms with Crippen molar-refractivity contribution in [3.8, 4) is 17.5 Å². The summed E-state index contributed by atoms with van der Waals surface area (Å²) in [7, 11) is 0. The van der Waals surface area contributed by atoms with E-state index in [-0.39, 0.29) is 16.8 Å². The number of hydrogen-bond acceptors (Lipinski definition) is 5. The number of carbonyl (C=O) groups excluding carboxylic acids is 1. The van der Waals surface area contributed by atoms with Gasteiger partial charge in [-0.05, 0) is 29.3 Å². The normalized spacial score (nSPS) is 11.8. The third kappa shape index (κ3) is 4.13. The highest BCUT2D eigenvalue weighted by molar-refractivity contribution is 6.32. The van der Waals surface area contributed by atoms with Crippen molar-refractivity contribution in [3.05, 3.63) is 59.1 Å². The topological polar surface area (TPSA) is 96.5 Å². The Hall–Kier alpha value is -3.24. The monoisotopic (exact) mass is 380 g/mol. The van der Waals surface area contributed by atoms with Crippen LogP contribution in [-0.4, -0.2) is 26.1 Å². The number of tetrazole rings is 1. The molecular weight excluding hydrogens is 364 g/mol. The Morgan fingerprint density at radius 1 is 1.22 bits per heavy atom. The minimum absolute atomic E-state index is 0.0725. The Morgan fingerprint density at radius 3 is 2.59 bits per heavy atom. The predicted molar refractivity (Wildman–Crippen MR) is 102 cm³/mol. The van der Waals surface area contributed by atoms with Crippen LogP contribution < -0.4 is 5.32 Å². The van der Waals surface area contributed by atoms with Crippen LogP contribution in [0.5, 0.6) is 0 Å². The zero-order valence-corrected chi connectivity index (χ0v) is 15.6. The quantitative estimate of drug-likeness (QED) is 0.727. The number of benzene rings is 2. The van der Waals surface area contributed by atoms with Crippen LogP contribution in [-0.2, 0) is 4.79 Å². The number of aromatic nitrogens is 4. The van der Waals surface area contributed by atoms with Crippen LogP contribution in [0.2, 0.25) is 5.02 Å². The molecule has 0 saturated carbocycles. The van der Waals surface area contributed by atoms with Crippen molar-refractivity contribution in [2.24, 2.45) is 5.92 Å². The van der Waals surface area contributed by atoms with Crippen LogP contribution in [0.15, 0.2) is 48.5 Å². The molecule has 27 heavy (non-hydrogen) atoms. The second kappa shape index (κ2) is 7.98. The van der Waals surface area contributed by atoms with Gasteiger partial charge in [0.2, 0.25) is 5.82 Å². The van der Waals surface area contributed by atoms with E-state index in [4.69, 9.17) is 16.9 Å². The molecule has 1 heterocycles. The fourth-order valence-corrected chi connectivity index (χ4v) is 2.84. The van der Waals surface area contributed by atoms with Crippen molar-refractivity contribution >= 4 is 23.2 Å². The van der Waals surface area contributed by atoms with E-state index in [0.717, 1.165) is 5.56 Å². The number of anilines is 1. The number of carbonyl (C=O) groups is 1. The number of halogens is 1. The summed E-state index contributed by atoms with van der Waals surface area (Å²) in [4.78, 5) is 14.1. The Balaban J connectivity index is 1.83. The smallest absolute Gasteiger partial charge is 0.251 e. The number of nitrogens with one attached hydrogen (secondary N) is 1. The maximum absolute atomic E-state index is 12.8. The second-order valence-electron chi connectivity index (χ2n) is 6.28. The van der Waals surface area contributed by atoms with Gasteiger partial charge in [0.15, 0.2) is 6.04 Å². The van der Waals surface area contributed by atoms with E-state index in [0.29, 0.717) is 17.1 Å². The van der Waals surface area contributed by atoms with Crippen LogP contribution >= 0.6 is 11.6 Å². The summed E-state index contributed by atoms with van der Waals surface area (Å²) in [5.74, 6) is 0.0925. The van der Waals surface area contributed by atoms with Gasteiger partial charge in [-0.15, -0.1) is 10.2 Å². The Bertz CT molecular complexity index is 993. The van der Waals surface area contributed by atoms with Crippen LogP contribution in [0.4, 0.5) is 5.69 Å². The molecule has 0 radical (unpaired) electrons. The molecule has 7 nitrogen and oxygen atoms in total. The van der Waals surface area contributed by atoms with Crippen molar-refractivity contribution in [1.82, 2.24) is 20.2 Å². The van der Waals surface area contributed by atoms with Crippen molar-refractivity contribution in [2.45, 2.75) is 19.9 Å². The fourth-order valence-electron chi connectivity index (χ4n) is 2.62. The molecule has 1 aromatic heterocycles. The van der Waals surface area contributed by atoms with Crippen molar-refractivity contribution in [2.75, 3.05) is 5.32 Å². The van der Waals surface area contributed by atoms with E-state index in [2.05, 4.69) is 20.7 Å². The minimum Gasteiger partial charge on any atom is -0.324 e. The molecule has 0 fully saturated rings. The number of nitrogens with zero attached hydrogens (tertiary/aromatic N) is 5. The van der Waals surface area contributed by atoms with E-state index in [1.807, 2.05) is 50.2 Å². The molecule has 0 spiro atoms. The molecule has 2 aromatic carbocycles. The maximum Gasteiger partial charge on any atom is 0.251 e. The Morgan fingerprint density at radius 2 is 1.96 bits per heavy atom. The van der Waals surface area contributed by atoms with Crippen LogP contribution in [0.3, 0.4) is 0 Å². The zero-order chi connectivity index (χ0) is 19.4. The molecule has 1 amide bonds. The lowest BCUT2D eigenvalue weighted by Crippen LogP contribution is -2.31. The number of rotatable bonds is 5. The van der Waals surface area contributed by atoms with Gasteiger partial charge in [-0.2, -0.15) is 10.1 Å². The minimum atomic E-state index is -0.649. The summed E-state index contributed by atoms with van der Waals surface area (Å²) in [6.07, 6.45) is 0. The van der Waals surface area contributed by atoms with Crippen LogP contribution in [0.25, 0.3) is 11.4 Å². The van der Waals surface area contributed by atoms with Gasteiger partial charge >= 0.3 is 0 Å². The predicted octanol–water partition coefficient (Wildman–Crippen LogP) is 3.70. The number of nitriles is 1. The molecular formula is C19H17ClN6O. The highest BCUT2D eigenvalue weighted by Crippen LogP contribution is 2.23. The summed E-state index contributed by atoms with van der Waals surface area (Å²) in [5.41, 5.74) is 1.67. The SMILES string of the molecule is CC(C)C(C(=O)Nc1ccc(C#N)c(Cl)c1)n1nnc(-c2ccccc2)n1. The standard InChI is InChI=1S/C19H17ClN6O/c1-12(2)17(19(27)22-15-9-8-14(11-21)16(20)10-15)26-24-18(23-25-26)13-6-4-3-5-7-13/h3-10,12,17H,1-2H3,(H,22,27). The maximum atomic E-state index is 12.8. The van der Waals surface area contributed by atoms with Crippen molar-refractivity contribution in [1.29, 1.82) is 5.26 Å². The lowest BCUT2D eigenvalue weighted by Gasteiger charge is -2.19. The lowest BCUT2D eigenvalue weighted by atomic mass is 10.0. The Kier molecular flexibility index (Phi) is 5.48. The van der Waals surface area contributed by atoms with E-state index < -0.39 is 6.04 Å². The third-order valence-electron chi connectivity index (χ3n) is 3.97. The molecule has 0 saturated heterocycles. The van der Waals surface area contributed by atoms with Gasteiger partial charge in [-0.25, -0.2) is 0 Å². The average Bonchev–Trinajstić information content (AvgIpc) is 3.12. The summed E-state index contributed by atoms with van der Waals surface area (Å²) >= 11 is 6.03. The van der Waals surface area contributed by atoms with E-state index in [9.17, 15) is 4.79 Å². The van der Waals surface area contributed by atoms with Gasteiger partial charge in [0.1, 0.15) is 6.07 Å². The second-order valence-corrected chi connectivity index (χ2v) is 6.69. The average molecular weight is 381 g/mol. The number of amides is 1. The van der Waals surface area contributed by atoms with Crippen molar-refractivity contribution in [3.63, 3.8) is 0 Å². The molecule has 0 aliphatic carbocycles. The van der Waals surface area contributed by atoms with Gasteiger partial charge < -0.3 is 5.32 Å². The fraction of sp³-hybridized carbons (Fsp3) is 0.211. The van der Waals surface area contributed by atoms with Gasteiger partial charge in [0.25, 0.3) is 5.91 Å².